The zero-order chi connectivity index (χ0) is 13.1. The Morgan fingerprint density at radius 2 is 2.44 bits per heavy atom. The number of nitrogens with one attached hydrogen (secondary N) is 2. The van der Waals surface area contributed by atoms with Gasteiger partial charge in [-0.1, -0.05) is 6.92 Å². The number of hydrogen-bond acceptors (Lipinski definition) is 4. The summed E-state index contributed by atoms with van der Waals surface area (Å²) in [6.07, 6.45) is 4.20. The minimum Gasteiger partial charge on any atom is -0.398 e. The van der Waals surface area contributed by atoms with Crippen LogP contribution in [0.4, 0.5) is 5.69 Å². The molecule has 0 fully saturated rings. The number of nitrogen functional groups attached to an aromatic ring is 1. The first-order valence-corrected chi connectivity index (χ1v) is 6.59. The molecule has 0 spiro atoms. The second-order valence-corrected chi connectivity index (χ2v) is 5.29. The molecule has 0 saturated heterocycles. The molecule has 4 N–H and O–H groups in total. The number of anilines is 1. The smallest absolute Gasteiger partial charge is 0.262 e. The first kappa shape index (κ1) is 12.6. The van der Waals surface area contributed by atoms with E-state index in [0.29, 0.717) is 10.6 Å². The normalized spacial score (nSPS) is 12.3. The molecule has 0 radical (unpaired) electrons. The number of H-pyrrole nitrogens is 1. The van der Waals surface area contributed by atoms with Crippen LogP contribution in [0, 0.1) is 6.92 Å². The van der Waals surface area contributed by atoms with Gasteiger partial charge in [0.2, 0.25) is 0 Å². The summed E-state index contributed by atoms with van der Waals surface area (Å²) in [6.45, 7) is 3.90. The van der Waals surface area contributed by atoms with E-state index >= 15 is 0 Å². The molecular weight excluding hydrogens is 248 g/mol. The summed E-state index contributed by atoms with van der Waals surface area (Å²) in [4.78, 5) is 20.9. The van der Waals surface area contributed by atoms with Crippen molar-refractivity contribution in [2.75, 3.05) is 5.73 Å². The number of nitrogens with zero attached hydrogens (tertiary/aromatic N) is 1. The molecule has 0 aliphatic carbocycles. The van der Waals surface area contributed by atoms with Crippen molar-refractivity contribution in [3.05, 3.63) is 34.0 Å². The molecule has 0 aromatic carbocycles. The number of carbonyl (C=O) groups excluding carboxylic acids is 1. The quantitative estimate of drug-likeness (QED) is 0.792. The summed E-state index contributed by atoms with van der Waals surface area (Å²) in [5.41, 5.74) is 6.41. The summed E-state index contributed by atoms with van der Waals surface area (Å²) in [5, 5.41) is 2.95. The van der Waals surface area contributed by atoms with Crippen molar-refractivity contribution in [1.29, 1.82) is 0 Å². The average Bonchev–Trinajstić information content (AvgIpc) is 2.97. The lowest BCUT2D eigenvalue weighted by molar-refractivity contribution is 0.0938. The highest BCUT2D eigenvalue weighted by molar-refractivity contribution is 7.14. The van der Waals surface area contributed by atoms with Crippen LogP contribution in [0.3, 0.4) is 0 Å². The van der Waals surface area contributed by atoms with Crippen LogP contribution < -0.4 is 11.1 Å². The van der Waals surface area contributed by atoms with Crippen LogP contribution in [0.1, 0.15) is 39.8 Å². The van der Waals surface area contributed by atoms with E-state index in [0.717, 1.165) is 17.1 Å². The highest BCUT2D eigenvalue weighted by atomic mass is 32.1. The lowest BCUT2D eigenvalue weighted by atomic mass is 10.2. The molecule has 1 unspecified atom stereocenters. The summed E-state index contributed by atoms with van der Waals surface area (Å²) < 4.78 is 0. The molecule has 18 heavy (non-hydrogen) atoms. The monoisotopic (exact) mass is 264 g/mol. The van der Waals surface area contributed by atoms with Crippen molar-refractivity contribution < 1.29 is 4.79 Å². The van der Waals surface area contributed by atoms with Gasteiger partial charge in [0.05, 0.1) is 10.9 Å². The molecule has 0 aliphatic rings. The van der Waals surface area contributed by atoms with Gasteiger partial charge in [-0.05, 0) is 19.4 Å². The predicted molar refractivity (Wildman–Crippen MR) is 72.6 cm³/mol. The summed E-state index contributed by atoms with van der Waals surface area (Å²) >= 11 is 1.40. The summed E-state index contributed by atoms with van der Waals surface area (Å²) in [7, 11) is 0. The number of rotatable bonds is 4. The minimum absolute atomic E-state index is 0.101. The fraction of sp³-hybridized carbons (Fsp3) is 0.333. The molecule has 0 aliphatic heterocycles. The van der Waals surface area contributed by atoms with E-state index in [4.69, 9.17) is 5.73 Å². The topological polar surface area (TPSA) is 83.8 Å². The fourth-order valence-electron chi connectivity index (χ4n) is 1.67. The second kappa shape index (κ2) is 5.22. The number of aromatic amines is 1. The van der Waals surface area contributed by atoms with E-state index in [-0.39, 0.29) is 11.9 Å². The molecule has 2 aromatic rings. The van der Waals surface area contributed by atoms with E-state index in [1.807, 2.05) is 13.8 Å². The van der Waals surface area contributed by atoms with Gasteiger partial charge in [0.1, 0.15) is 5.82 Å². The first-order chi connectivity index (χ1) is 8.61. The Morgan fingerprint density at radius 1 is 1.67 bits per heavy atom. The number of carbonyl (C=O) groups is 1. The molecule has 96 valence electrons. The highest BCUT2D eigenvalue weighted by Crippen LogP contribution is 2.24. The predicted octanol–water partition coefficient (Wildman–Crippen LogP) is 2.24. The Labute approximate surface area is 109 Å². The Kier molecular flexibility index (Phi) is 3.66. The maximum Gasteiger partial charge on any atom is 0.262 e. The van der Waals surface area contributed by atoms with Gasteiger partial charge < -0.3 is 16.0 Å². The fourth-order valence-corrected chi connectivity index (χ4v) is 2.51. The molecule has 2 heterocycles. The molecule has 1 atom stereocenters. The van der Waals surface area contributed by atoms with Gasteiger partial charge >= 0.3 is 0 Å². The molecule has 6 heteroatoms. The molecule has 0 saturated carbocycles. The Morgan fingerprint density at radius 3 is 2.94 bits per heavy atom. The summed E-state index contributed by atoms with van der Waals surface area (Å²) in [5.74, 6) is 0.662. The standard InChI is InChI=1S/C12H16N4OS/c1-3-9(11-14-4-5-15-11)16-12(17)10-6-8(13)7(2)18-10/h4-6,9H,3,13H2,1-2H3,(H,14,15)(H,16,17). The Balaban J connectivity index is 2.10. The summed E-state index contributed by atoms with van der Waals surface area (Å²) in [6, 6.07) is 1.61. The van der Waals surface area contributed by atoms with E-state index < -0.39 is 0 Å². The van der Waals surface area contributed by atoms with Crippen molar-refractivity contribution in [3.8, 4) is 0 Å². The van der Waals surface area contributed by atoms with E-state index in [9.17, 15) is 4.79 Å². The van der Waals surface area contributed by atoms with Crippen molar-refractivity contribution in [3.63, 3.8) is 0 Å². The van der Waals surface area contributed by atoms with Crippen LogP contribution in [0.2, 0.25) is 0 Å². The van der Waals surface area contributed by atoms with Crippen molar-refractivity contribution in [2.24, 2.45) is 0 Å². The second-order valence-electron chi connectivity index (χ2n) is 4.03. The van der Waals surface area contributed by atoms with Crippen LogP contribution in [0.25, 0.3) is 0 Å². The van der Waals surface area contributed by atoms with Gasteiger partial charge in [-0.25, -0.2) is 4.98 Å². The van der Waals surface area contributed by atoms with Gasteiger partial charge in [-0.3, -0.25) is 4.79 Å². The zero-order valence-corrected chi connectivity index (χ0v) is 11.2. The zero-order valence-electron chi connectivity index (χ0n) is 10.4. The van der Waals surface area contributed by atoms with Crippen LogP contribution >= 0.6 is 11.3 Å². The third-order valence-corrected chi connectivity index (χ3v) is 3.81. The van der Waals surface area contributed by atoms with Gasteiger partial charge in [0, 0.05) is 23.0 Å². The van der Waals surface area contributed by atoms with Crippen molar-refractivity contribution >= 4 is 22.9 Å². The molecular formula is C12H16N4OS. The number of aryl methyl sites for hydroxylation is 1. The number of amides is 1. The number of aromatic nitrogens is 2. The molecule has 5 nitrogen and oxygen atoms in total. The highest BCUT2D eigenvalue weighted by Gasteiger charge is 2.17. The van der Waals surface area contributed by atoms with Crippen molar-refractivity contribution in [1.82, 2.24) is 15.3 Å². The molecule has 2 rings (SSSR count). The number of hydrogen-bond donors (Lipinski definition) is 3. The van der Waals surface area contributed by atoms with E-state index in [1.54, 1.807) is 18.5 Å². The Hall–Kier alpha value is -1.82. The lowest BCUT2D eigenvalue weighted by Gasteiger charge is -2.13. The van der Waals surface area contributed by atoms with E-state index in [1.165, 1.54) is 11.3 Å². The van der Waals surface area contributed by atoms with Crippen LogP contribution in [0.5, 0.6) is 0 Å². The molecule has 0 bridgehead atoms. The van der Waals surface area contributed by atoms with Gasteiger partial charge in [0.15, 0.2) is 0 Å². The van der Waals surface area contributed by atoms with Crippen LogP contribution in [0.15, 0.2) is 18.5 Å². The maximum absolute atomic E-state index is 12.1. The molecule has 2 aromatic heterocycles. The van der Waals surface area contributed by atoms with Gasteiger partial charge in [-0.15, -0.1) is 11.3 Å². The van der Waals surface area contributed by atoms with Crippen LogP contribution in [-0.2, 0) is 0 Å². The molecule has 1 amide bonds. The lowest BCUT2D eigenvalue weighted by Crippen LogP contribution is -2.28. The van der Waals surface area contributed by atoms with Crippen molar-refractivity contribution in [2.45, 2.75) is 26.3 Å². The van der Waals surface area contributed by atoms with Gasteiger partial charge in [-0.2, -0.15) is 0 Å². The SMILES string of the molecule is CCC(NC(=O)c1cc(N)c(C)s1)c1ncc[nH]1. The van der Waals surface area contributed by atoms with Gasteiger partial charge in [0.25, 0.3) is 5.91 Å². The first-order valence-electron chi connectivity index (χ1n) is 5.77. The number of thiophene rings is 1. The number of nitrogens with two attached hydrogens (primary N) is 1. The third-order valence-electron chi connectivity index (χ3n) is 2.74. The third kappa shape index (κ3) is 2.53. The largest absolute Gasteiger partial charge is 0.398 e. The van der Waals surface area contributed by atoms with E-state index in [2.05, 4.69) is 15.3 Å². The Bertz CT molecular complexity index is 513. The van der Waals surface area contributed by atoms with Crippen LogP contribution in [-0.4, -0.2) is 15.9 Å². The number of imidazole rings is 1. The minimum atomic E-state index is -0.108. The maximum atomic E-state index is 12.1. The average molecular weight is 264 g/mol.